The van der Waals surface area contributed by atoms with Gasteiger partial charge in [-0.05, 0) is 31.0 Å². The van der Waals surface area contributed by atoms with Gasteiger partial charge in [-0.2, -0.15) is 0 Å². The van der Waals surface area contributed by atoms with Gasteiger partial charge in [0.15, 0.2) is 5.78 Å². The first-order valence-corrected chi connectivity index (χ1v) is 12.0. The number of carbonyl (C=O) groups is 2. The van der Waals surface area contributed by atoms with Crippen molar-refractivity contribution in [3.63, 3.8) is 0 Å². The monoisotopic (exact) mass is 443 g/mol. The summed E-state index contributed by atoms with van der Waals surface area (Å²) in [6, 6.07) is 16.0. The molecule has 0 bridgehead atoms. The molecule has 1 heterocycles. The van der Waals surface area contributed by atoms with Gasteiger partial charge in [-0.1, -0.05) is 42.5 Å². The third-order valence-corrected chi connectivity index (χ3v) is 6.87. The average Bonchev–Trinajstić information content (AvgIpc) is 3.00. The maximum atomic E-state index is 12.6. The Kier molecular flexibility index (Phi) is 7.95. The predicted octanol–water partition coefficient (Wildman–Crippen LogP) is 2.29. The molecular formula is C23H29N3O4S. The van der Waals surface area contributed by atoms with Crippen molar-refractivity contribution in [2.45, 2.75) is 31.2 Å². The first-order chi connectivity index (χ1) is 14.8. The molecule has 0 spiro atoms. The molecule has 1 aliphatic rings. The molecule has 0 aliphatic carbocycles. The van der Waals surface area contributed by atoms with Gasteiger partial charge < -0.3 is 4.90 Å². The molecule has 0 radical (unpaired) electrons. The lowest BCUT2D eigenvalue weighted by molar-refractivity contribution is -0.130. The number of sulfonamides is 1. The van der Waals surface area contributed by atoms with E-state index in [0.717, 1.165) is 26.1 Å². The van der Waals surface area contributed by atoms with Crippen molar-refractivity contribution in [2.24, 2.45) is 0 Å². The van der Waals surface area contributed by atoms with Crippen molar-refractivity contribution in [3.05, 3.63) is 65.7 Å². The molecule has 7 nitrogen and oxygen atoms in total. The number of hydrogen-bond acceptors (Lipinski definition) is 5. The number of hydrogen-bond donors (Lipinski definition) is 1. The molecule has 1 fully saturated rings. The Labute approximate surface area is 184 Å². The van der Waals surface area contributed by atoms with Crippen LogP contribution in [0.4, 0.5) is 0 Å². The Morgan fingerprint density at radius 3 is 2.32 bits per heavy atom. The molecule has 0 aromatic heterocycles. The highest BCUT2D eigenvalue weighted by atomic mass is 32.2. The third kappa shape index (κ3) is 6.72. The van der Waals surface area contributed by atoms with Gasteiger partial charge in [0.2, 0.25) is 15.9 Å². The maximum absolute atomic E-state index is 12.6. The zero-order valence-corrected chi connectivity index (χ0v) is 18.6. The van der Waals surface area contributed by atoms with E-state index < -0.39 is 10.0 Å². The zero-order chi connectivity index (χ0) is 22.3. The molecule has 1 aliphatic heterocycles. The second-order valence-electron chi connectivity index (χ2n) is 7.72. The largest absolute Gasteiger partial charge is 0.341 e. The van der Waals surface area contributed by atoms with Crippen molar-refractivity contribution < 1.29 is 18.0 Å². The molecule has 1 amide bonds. The van der Waals surface area contributed by atoms with E-state index in [9.17, 15) is 18.0 Å². The van der Waals surface area contributed by atoms with Gasteiger partial charge in [0.05, 0.1) is 4.90 Å². The van der Waals surface area contributed by atoms with Gasteiger partial charge in [0.25, 0.3) is 0 Å². The third-order valence-electron chi connectivity index (χ3n) is 5.39. The van der Waals surface area contributed by atoms with E-state index in [0.29, 0.717) is 18.7 Å². The van der Waals surface area contributed by atoms with E-state index in [1.54, 1.807) is 0 Å². The van der Waals surface area contributed by atoms with Crippen LogP contribution < -0.4 is 4.72 Å². The summed E-state index contributed by atoms with van der Waals surface area (Å²) >= 11 is 0. The van der Waals surface area contributed by atoms with Crippen LogP contribution in [0.5, 0.6) is 0 Å². The van der Waals surface area contributed by atoms with Crippen LogP contribution >= 0.6 is 0 Å². The highest BCUT2D eigenvalue weighted by Gasteiger charge is 2.20. The number of benzene rings is 2. The van der Waals surface area contributed by atoms with Crippen LogP contribution in [-0.4, -0.2) is 62.6 Å². The summed E-state index contributed by atoms with van der Waals surface area (Å²) in [5.41, 5.74) is 1.71. The van der Waals surface area contributed by atoms with Gasteiger partial charge in [0.1, 0.15) is 0 Å². The fraction of sp³-hybridized carbons (Fsp3) is 0.391. The zero-order valence-electron chi connectivity index (χ0n) is 17.8. The summed E-state index contributed by atoms with van der Waals surface area (Å²) in [4.78, 5) is 28.2. The minimum atomic E-state index is -3.72. The average molecular weight is 444 g/mol. The molecule has 31 heavy (non-hydrogen) atoms. The van der Waals surface area contributed by atoms with E-state index in [4.69, 9.17) is 0 Å². The van der Waals surface area contributed by atoms with Gasteiger partial charge in [0, 0.05) is 51.3 Å². The number of nitrogens with one attached hydrogen (secondary N) is 1. The first-order valence-electron chi connectivity index (χ1n) is 10.5. The Morgan fingerprint density at radius 1 is 0.935 bits per heavy atom. The molecule has 166 valence electrons. The van der Waals surface area contributed by atoms with Gasteiger partial charge >= 0.3 is 0 Å². The Balaban J connectivity index is 1.46. The molecular weight excluding hydrogens is 414 g/mol. The van der Waals surface area contributed by atoms with Crippen LogP contribution in [0.1, 0.15) is 35.7 Å². The number of Topliss-reactive ketones (excluding diaryl/α,β-unsaturated/α-hetero) is 1. The van der Waals surface area contributed by atoms with Gasteiger partial charge in [-0.15, -0.1) is 0 Å². The quantitative estimate of drug-likeness (QED) is 0.633. The normalized spacial score (nSPS) is 15.5. The number of ketones is 1. The standard InChI is InChI=1S/C23H29N3O4S/c1-19(27)21-8-10-22(11-9-21)31(29,30)24-13-12-23(28)26-15-5-14-25(16-17-26)18-20-6-3-2-4-7-20/h2-4,6-11,24H,5,12-18H2,1H3. The Bertz CT molecular complexity index is 991. The van der Waals surface area contributed by atoms with E-state index in [1.165, 1.54) is 36.8 Å². The Hall–Kier alpha value is -2.55. The lowest BCUT2D eigenvalue weighted by Gasteiger charge is -2.22. The minimum Gasteiger partial charge on any atom is -0.341 e. The van der Waals surface area contributed by atoms with E-state index in [1.807, 2.05) is 23.1 Å². The summed E-state index contributed by atoms with van der Waals surface area (Å²) in [6.45, 7) is 5.40. The van der Waals surface area contributed by atoms with Crippen LogP contribution in [0.3, 0.4) is 0 Å². The molecule has 0 saturated carbocycles. The number of carbonyl (C=O) groups excluding carboxylic acids is 2. The second kappa shape index (κ2) is 10.7. The number of nitrogens with zero attached hydrogens (tertiary/aromatic N) is 2. The fourth-order valence-corrected chi connectivity index (χ4v) is 4.65. The van der Waals surface area contributed by atoms with Crippen LogP contribution in [0.25, 0.3) is 0 Å². The Morgan fingerprint density at radius 2 is 1.65 bits per heavy atom. The van der Waals surface area contributed by atoms with E-state index in [2.05, 4.69) is 21.8 Å². The van der Waals surface area contributed by atoms with Crippen molar-refractivity contribution in [1.29, 1.82) is 0 Å². The molecule has 3 rings (SSSR count). The van der Waals surface area contributed by atoms with Crippen molar-refractivity contribution in [3.8, 4) is 0 Å². The van der Waals surface area contributed by atoms with Crippen molar-refractivity contribution in [1.82, 2.24) is 14.5 Å². The van der Waals surface area contributed by atoms with Crippen LogP contribution in [-0.2, 0) is 21.4 Å². The first kappa shape index (κ1) is 23.1. The summed E-state index contributed by atoms with van der Waals surface area (Å²) in [5.74, 6) is -0.168. The van der Waals surface area contributed by atoms with Gasteiger partial charge in [-0.25, -0.2) is 13.1 Å². The minimum absolute atomic E-state index is 0.0415. The van der Waals surface area contributed by atoms with Crippen LogP contribution in [0, 0.1) is 0 Å². The molecule has 1 saturated heterocycles. The summed E-state index contributed by atoms with van der Waals surface area (Å²) in [6.07, 6.45) is 1.01. The molecule has 2 aromatic carbocycles. The van der Waals surface area contributed by atoms with Crippen molar-refractivity contribution >= 4 is 21.7 Å². The van der Waals surface area contributed by atoms with E-state index >= 15 is 0 Å². The number of rotatable bonds is 8. The summed E-state index contributed by atoms with van der Waals surface area (Å²) in [5, 5.41) is 0. The summed E-state index contributed by atoms with van der Waals surface area (Å²) < 4.78 is 27.3. The smallest absolute Gasteiger partial charge is 0.240 e. The fourth-order valence-electron chi connectivity index (χ4n) is 3.62. The van der Waals surface area contributed by atoms with Crippen LogP contribution in [0.2, 0.25) is 0 Å². The second-order valence-corrected chi connectivity index (χ2v) is 9.49. The lowest BCUT2D eigenvalue weighted by atomic mass is 10.2. The molecule has 2 aromatic rings. The highest BCUT2D eigenvalue weighted by molar-refractivity contribution is 7.89. The number of amides is 1. The maximum Gasteiger partial charge on any atom is 0.240 e. The van der Waals surface area contributed by atoms with Crippen LogP contribution in [0.15, 0.2) is 59.5 Å². The van der Waals surface area contributed by atoms with E-state index in [-0.39, 0.29) is 29.6 Å². The molecule has 0 atom stereocenters. The van der Waals surface area contributed by atoms with Gasteiger partial charge in [-0.3, -0.25) is 14.5 Å². The lowest BCUT2D eigenvalue weighted by Crippen LogP contribution is -2.37. The molecule has 8 heteroatoms. The topological polar surface area (TPSA) is 86.8 Å². The van der Waals surface area contributed by atoms with Crippen molar-refractivity contribution in [2.75, 3.05) is 32.7 Å². The SMILES string of the molecule is CC(=O)c1ccc(S(=O)(=O)NCCC(=O)N2CCCN(Cc3ccccc3)CC2)cc1. The highest BCUT2D eigenvalue weighted by Crippen LogP contribution is 2.12. The molecule has 1 N–H and O–H groups in total. The predicted molar refractivity (Wildman–Crippen MR) is 119 cm³/mol. The molecule has 0 unspecified atom stereocenters. The summed E-state index contributed by atoms with van der Waals surface area (Å²) in [7, 11) is -3.72.